The zero-order chi connectivity index (χ0) is 26.3. The molecule has 7 nitrogen and oxygen atoms in total. The minimum Gasteiger partial charge on any atom is -0.494 e. The van der Waals surface area contributed by atoms with Gasteiger partial charge in [-0.1, -0.05) is 26.0 Å². The largest absolute Gasteiger partial charge is 0.494 e. The van der Waals surface area contributed by atoms with Gasteiger partial charge in [-0.2, -0.15) is 0 Å². The third-order valence-corrected chi connectivity index (χ3v) is 6.78. The highest BCUT2D eigenvalue weighted by Gasteiger charge is 2.15. The molecule has 36 heavy (non-hydrogen) atoms. The molecule has 0 aliphatic rings. The van der Waals surface area contributed by atoms with E-state index < -0.39 is 10.0 Å². The Morgan fingerprint density at radius 1 is 0.944 bits per heavy atom. The number of ether oxygens (including phenoxy) is 1. The van der Waals surface area contributed by atoms with Gasteiger partial charge in [-0.25, -0.2) is 8.42 Å². The van der Waals surface area contributed by atoms with Crippen molar-refractivity contribution in [1.82, 2.24) is 5.32 Å². The molecule has 0 aromatic heterocycles. The number of hydrogen-bond acceptors (Lipinski definition) is 5. The molecule has 3 aromatic carbocycles. The lowest BCUT2D eigenvalue weighted by Crippen LogP contribution is -2.34. The second-order valence-corrected chi connectivity index (χ2v) is 11.1. The topological polar surface area (TPSA) is 96.5 Å². The fraction of sp³-hybridized carbons (Fsp3) is 0.259. The molecule has 3 aromatic rings. The molecule has 0 bridgehead atoms. The normalized spacial score (nSPS) is 11.1. The highest BCUT2D eigenvalue weighted by Crippen LogP contribution is 2.20. The molecule has 1 amide bonds. The van der Waals surface area contributed by atoms with E-state index in [-0.39, 0.29) is 15.9 Å². The van der Waals surface area contributed by atoms with Crippen molar-refractivity contribution in [3.8, 4) is 5.75 Å². The first-order chi connectivity index (χ1) is 17.0. The Hall–Kier alpha value is -3.43. The lowest BCUT2D eigenvalue weighted by atomic mass is 10.1. The van der Waals surface area contributed by atoms with Gasteiger partial charge in [-0.15, -0.1) is 0 Å². The summed E-state index contributed by atoms with van der Waals surface area (Å²) in [6.07, 6.45) is 0.923. The first-order valence-electron chi connectivity index (χ1n) is 11.6. The van der Waals surface area contributed by atoms with Gasteiger partial charge in [0.2, 0.25) is 0 Å². The number of rotatable bonds is 9. The van der Waals surface area contributed by atoms with Crippen LogP contribution in [0, 0.1) is 19.8 Å². The minimum absolute atomic E-state index is 0.0927. The summed E-state index contributed by atoms with van der Waals surface area (Å²) in [5.74, 6) is 0.773. The van der Waals surface area contributed by atoms with Crippen LogP contribution in [0.2, 0.25) is 0 Å². The van der Waals surface area contributed by atoms with E-state index in [1.165, 1.54) is 12.1 Å². The predicted molar refractivity (Wildman–Crippen MR) is 148 cm³/mol. The summed E-state index contributed by atoms with van der Waals surface area (Å²) in [5, 5.41) is 5.62. The molecule has 9 heteroatoms. The van der Waals surface area contributed by atoms with Gasteiger partial charge in [0.05, 0.1) is 11.5 Å². The second-order valence-electron chi connectivity index (χ2n) is 8.97. The van der Waals surface area contributed by atoms with Gasteiger partial charge in [0.25, 0.3) is 15.9 Å². The minimum atomic E-state index is -3.76. The fourth-order valence-electron chi connectivity index (χ4n) is 3.44. The van der Waals surface area contributed by atoms with Crippen molar-refractivity contribution < 1.29 is 17.9 Å². The van der Waals surface area contributed by atoms with Crippen LogP contribution >= 0.6 is 12.2 Å². The molecule has 0 heterocycles. The van der Waals surface area contributed by atoms with E-state index in [1.807, 2.05) is 19.9 Å². The number of carbonyl (C=O) groups is 1. The zero-order valence-electron chi connectivity index (χ0n) is 20.8. The SMILES string of the molecule is Cc1cc(C)cc(NS(=O)(=O)c2ccc(NC(=S)NC(=O)c3cccc(OCCC(C)C)c3)cc2)c1. The van der Waals surface area contributed by atoms with Crippen LogP contribution < -0.4 is 20.1 Å². The van der Waals surface area contributed by atoms with Gasteiger partial charge in [0.15, 0.2) is 5.11 Å². The highest BCUT2D eigenvalue weighted by molar-refractivity contribution is 7.92. The number of carbonyl (C=O) groups excluding carboxylic acids is 1. The number of amides is 1. The molecular formula is C27H31N3O4S2. The lowest BCUT2D eigenvalue weighted by molar-refractivity contribution is 0.0977. The molecule has 0 spiro atoms. The van der Waals surface area contributed by atoms with Gasteiger partial charge < -0.3 is 10.1 Å². The van der Waals surface area contributed by atoms with Gasteiger partial charge >= 0.3 is 0 Å². The fourth-order valence-corrected chi connectivity index (χ4v) is 4.69. The van der Waals surface area contributed by atoms with Crippen LogP contribution in [0.4, 0.5) is 11.4 Å². The summed E-state index contributed by atoms with van der Waals surface area (Å²) in [6.45, 7) is 8.64. The maximum atomic E-state index is 12.8. The average Bonchev–Trinajstić information content (AvgIpc) is 2.78. The summed E-state index contributed by atoms with van der Waals surface area (Å²) in [4.78, 5) is 12.7. The maximum absolute atomic E-state index is 12.8. The van der Waals surface area contributed by atoms with Crippen LogP contribution in [-0.4, -0.2) is 26.0 Å². The molecular weight excluding hydrogens is 494 g/mol. The van der Waals surface area contributed by atoms with Gasteiger partial charge in [0.1, 0.15) is 5.75 Å². The van der Waals surface area contributed by atoms with Crippen molar-refractivity contribution >= 4 is 44.6 Å². The number of aryl methyl sites for hydroxylation is 2. The summed E-state index contributed by atoms with van der Waals surface area (Å²) < 4.78 is 33.8. The predicted octanol–water partition coefficient (Wildman–Crippen LogP) is 5.66. The monoisotopic (exact) mass is 525 g/mol. The number of sulfonamides is 1. The molecule has 3 rings (SSSR count). The summed E-state index contributed by atoms with van der Waals surface area (Å²) in [7, 11) is -3.76. The van der Waals surface area contributed by atoms with Crippen molar-refractivity contribution in [3.05, 3.63) is 83.4 Å². The zero-order valence-corrected chi connectivity index (χ0v) is 22.4. The standard InChI is InChI=1S/C27H31N3O4S2/c1-18(2)12-13-34-24-7-5-6-21(17-24)26(31)29-27(35)28-22-8-10-25(11-9-22)36(32,33)30-23-15-19(3)14-20(4)16-23/h5-11,14-18,30H,12-13H2,1-4H3,(H2,28,29,31,35). The molecule has 190 valence electrons. The Labute approximate surface area is 218 Å². The molecule has 0 aliphatic heterocycles. The average molecular weight is 526 g/mol. The Morgan fingerprint density at radius 2 is 1.61 bits per heavy atom. The molecule has 0 unspecified atom stereocenters. The van der Waals surface area contributed by atoms with E-state index in [0.29, 0.717) is 35.2 Å². The van der Waals surface area contributed by atoms with Crippen LogP contribution in [0.15, 0.2) is 71.6 Å². The van der Waals surface area contributed by atoms with Crippen molar-refractivity contribution in [2.75, 3.05) is 16.6 Å². The smallest absolute Gasteiger partial charge is 0.261 e. The molecule has 3 N–H and O–H groups in total. The van der Waals surface area contributed by atoms with Crippen molar-refractivity contribution in [2.24, 2.45) is 5.92 Å². The highest BCUT2D eigenvalue weighted by atomic mass is 32.2. The number of hydrogen-bond donors (Lipinski definition) is 3. The van der Waals surface area contributed by atoms with Crippen molar-refractivity contribution in [3.63, 3.8) is 0 Å². The van der Waals surface area contributed by atoms with Crippen LogP contribution in [0.5, 0.6) is 5.75 Å². The third kappa shape index (κ3) is 8.07. The van der Waals surface area contributed by atoms with Crippen LogP contribution in [0.25, 0.3) is 0 Å². The van der Waals surface area contributed by atoms with Crippen molar-refractivity contribution in [2.45, 2.75) is 39.0 Å². The molecule has 0 atom stereocenters. The Morgan fingerprint density at radius 3 is 2.25 bits per heavy atom. The van der Waals surface area contributed by atoms with E-state index >= 15 is 0 Å². The molecule has 0 radical (unpaired) electrons. The van der Waals surface area contributed by atoms with E-state index in [4.69, 9.17) is 17.0 Å². The van der Waals surface area contributed by atoms with E-state index in [0.717, 1.165) is 17.5 Å². The summed E-state index contributed by atoms with van der Waals surface area (Å²) in [5.41, 5.74) is 3.39. The number of thiocarbonyl (C=S) groups is 1. The first kappa shape index (κ1) is 27.2. The quantitative estimate of drug-likeness (QED) is 0.312. The van der Waals surface area contributed by atoms with Crippen LogP contribution in [-0.2, 0) is 10.0 Å². The van der Waals surface area contributed by atoms with Gasteiger partial charge in [-0.3, -0.25) is 14.8 Å². The molecule has 0 saturated heterocycles. The summed E-state index contributed by atoms with van der Waals surface area (Å²) >= 11 is 5.26. The van der Waals surface area contributed by atoms with E-state index in [9.17, 15) is 13.2 Å². The molecule has 0 aliphatic carbocycles. The maximum Gasteiger partial charge on any atom is 0.261 e. The van der Waals surface area contributed by atoms with Crippen molar-refractivity contribution in [1.29, 1.82) is 0 Å². The Balaban J connectivity index is 1.58. The summed E-state index contributed by atoms with van der Waals surface area (Å²) in [6, 6.07) is 18.5. The van der Waals surface area contributed by atoms with E-state index in [2.05, 4.69) is 29.2 Å². The number of benzene rings is 3. The Bertz CT molecular complexity index is 1320. The molecule has 0 fully saturated rings. The van der Waals surface area contributed by atoms with E-state index in [1.54, 1.807) is 48.5 Å². The second kappa shape index (κ2) is 12.0. The number of anilines is 2. The molecule has 0 saturated carbocycles. The van der Waals surface area contributed by atoms with Crippen LogP contribution in [0.3, 0.4) is 0 Å². The third-order valence-electron chi connectivity index (χ3n) is 5.18. The van der Waals surface area contributed by atoms with Crippen LogP contribution in [0.1, 0.15) is 41.8 Å². The lowest BCUT2D eigenvalue weighted by Gasteiger charge is -2.12. The Kier molecular flexibility index (Phi) is 9.06. The van der Waals surface area contributed by atoms with Gasteiger partial charge in [0, 0.05) is 16.9 Å². The first-order valence-corrected chi connectivity index (χ1v) is 13.5. The van der Waals surface area contributed by atoms with Gasteiger partial charge in [-0.05, 0) is 104 Å². The number of nitrogens with one attached hydrogen (secondary N) is 3.